The number of rotatable bonds is 6. The highest BCUT2D eigenvalue weighted by Gasteiger charge is 2.29. The lowest BCUT2D eigenvalue weighted by Gasteiger charge is -2.42. The van der Waals surface area contributed by atoms with E-state index in [-0.39, 0.29) is 12.4 Å². The lowest BCUT2D eigenvalue weighted by Crippen LogP contribution is -3.00. The Labute approximate surface area is 152 Å². The molecule has 0 spiro atoms. The van der Waals surface area contributed by atoms with Gasteiger partial charge in [-0.15, -0.1) is 5.10 Å². The summed E-state index contributed by atoms with van der Waals surface area (Å²) in [6, 6.07) is 5.30. The fourth-order valence-corrected chi connectivity index (χ4v) is 3.01. The molecule has 0 unspecified atom stereocenters. The number of halogens is 1. The van der Waals surface area contributed by atoms with Crippen LogP contribution in [-0.4, -0.2) is 46.3 Å². The van der Waals surface area contributed by atoms with Crippen molar-refractivity contribution in [2.45, 2.75) is 53.6 Å². The van der Waals surface area contributed by atoms with Crippen molar-refractivity contribution in [1.82, 2.24) is 9.61 Å². The van der Waals surface area contributed by atoms with Gasteiger partial charge in [0.25, 0.3) is 0 Å². The van der Waals surface area contributed by atoms with E-state index in [1.54, 1.807) is 0 Å². The second-order valence-corrected chi connectivity index (χ2v) is 7.35. The molecule has 0 radical (unpaired) electrons. The second kappa shape index (κ2) is 7.62. The van der Waals surface area contributed by atoms with Crippen molar-refractivity contribution in [2.24, 2.45) is 0 Å². The SMILES string of the molecule is Cc1ccc2c(N)c(NCC[N+](C)(C(C)C)C(C)C)nn2c1C.[Cl-]. The molecule has 6 heteroatoms. The van der Waals surface area contributed by atoms with Crippen LogP contribution in [0.1, 0.15) is 39.0 Å². The summed E-state index contributed by atoms with van der Waals surface area (Å²) in [5, 5.41) is 8.10. The third kappa shape index (κ3) is 3.62. The van der Waals surface area contributed by atoms with Gasteiger partial charge in [0.2, 0.25) is 0 Å². The van der Waals surface area contributed by atoms with E-state index < -0.39 is 0 Å². The van der Waals surface area contributed by atoms with E-state index >= 15 is 0 Å². The van der Waals surface area contributed by atoms with Gasteiger partial charge in [0, 0.05) is 5.69 Å². The molecule has 5 nitrogen and oxygen atoms in total. The van der Waals surface area contributed by atoms with Crippen molar-refractivity contribution in [3.8, 4) is 0 Å². The fraction of sp³-hybridized carbons (Fsp3) is 0.611. The van der Waals surface area contributed by atoms with Crippen molar-refractivity contribution in [3.63, 3.8) is 0 Å². The molecule has 0 aromatic carbocycles. The van der Waals surface area contributed by atoms with Crippen LogP contribution in [0.25, 0.3) is 5.52 Å². The monoisotopic (exact) mass is 353 g/mol. The standard InChI is InChI=1S/C18H32N5.ClH/c1-12(2)23(7,13(3)4)11-10-20-18-17(19)16-9-8-14(5)15(6)22(16)21-18;/h8-9,12-13H,10-11,19H2,1-7H3,(H,20,21);1H/q+1;/p-1. The molecule has 24 heavy (non-hydrogen) atoms. The number of nitrogens with zero attached hydrogens (tertiary/aromatic N) is 3. The van der Waals surface area contributed by atoms with E-state index in [2.05, 4.69) is 65.1 Å². The molecule has 0 fully saturated rings. The molecule has 136 valence electrons. The average Bonchev–Trinajstić information content (AvgIpc) is 2.80. The second-order valence-electron chi connectivity index (χ2n) is 7.35. The fourth-order valence-electron chi connectivity index (χ4n) is 3.01. The van der Waals surface area contributed by atoms with Crippen molar-refractivity contribution < 1.29 is 16.9 Å². The van der Waals surface area contributed by atoms with Gasteiger partial charge in [-0.25, -0.2) is 4.52 Å². The maximum absolute atomic E-state index is 6.28. The predicted octanol–water partition coefficient (Wildman–Crippen LogP) is 0.213. The van der Waals surface area contributed by atoms with Gasteiger partial charge in [0.05, 0.1) is 37.7 Å². The van der Waals surface area contributed by atoms with E-state index in [1.165, 1.54) is 5.56 Å². The van der Waals surface area contributed by atoms with Crippen molar-refractivity contribution >= 4 is 17.0 Å². The van der Waals surface area contributed by atoms with Crippen LogP contribution in [0.5, 0.6) is 0 Å². The number of likely N-dealkylation sites (N-methyl/N-ethyl adjacent to an activating group) is 1. The lowest BCUT2D eigenvalue weighted by atomic mass is 10.1. The van der Waals surface area contributed by atoms with Crippen LogP contribution < -0.4 is 23.5 Å². The van der Waals surface area contributed by atoms with Crippen LogP contribution in [0.3, 0.4) is 0 Å². The molecule has 0 atom stereocenters. The van der Waals surface area contributed by atoms with E-state index in [4.69, 9.17) is 5.73 Å². The minimum Gasteiger partial charge on any atom is -1.00 e. The number of hydrogen-bond donors (Lipinski definition) is 2. The molecule has 2 aromatic rings. The zero-order chi connectivity index (χ0) is 17.4. The summed E-state index contributed by atoms with van der Waals surface area (Å²) in [5.74, 6) is 0.790. The molecule has 0 bridgehead atoms. The summed E-state index contributed by atoms with van der Waals surface area (Å²) in [6.07, 6.45) is 0. The third-order valence-corrected chi connectivity index (χ3v) is 5.58. The van der Waals surface area contributed by atoms with Gasteiger partial charge < -0.3 is 27.9 Å². The molecular formula is C18H32ClN5. The Morgan fingerprint density at radius 1 is 1.17 bits per heavy atom. The third-order valence-electron chi connectivity index (χ3n) is 5.58. The minimum atomic E-state index is 0. The number of aryl methyl sites for hydroxylation is 2. The number of hydrogen-bond acceptors (Lipinski definition) is 3. The van der Waals surface area contributed by atoms with Gasteiger partial charge in [-0.2, -0.15) is 0 Å². The van der Waals surface area contributed by atoms with E-state index in [0.717, 1.165) is 40.3 Å². The molecule has 0 saturated heterocycles. The Bertz CT molecular complexity index is 682. The van der Waals surface area contributed by atoms with Crippen molar-refractivity contribution in [3.05, 3.63) is 23.4 Å². The van der Waals surface area contributed by atoms with Crippen molar-refractivity contribution in [2.75, 3.05) is 31.2 Å². The smallest absolute Gasteiger partial charge is 0.172 e. The Kier molecular flexibility index (Phi) is 6.53. The summed E-state index contributed by atoms with van der Waals surface area (Å²) in [6.45, 7) is 15.2. The number of anilines is 2. The Morgan fingerprint density at radius 2 is 1.75 bits per heavy atom. The molecule has 0 amide bonds. The molecule has 3 N–H and O–H groups in total. The molecule has 0 aliphatic rings. The summed E-state index contributed by atoms with van der Waals surface area (Å²) in [4.78, 5) is 0. The Hall–Kier alpha value is -1.46. The molecule has 2 aromatic heterocycles. The number of aromatic nitrogens is 2. The number of fused-ring (bicyclic) bond motifs is 1. The normalized spacial score (nSPS) is 12.0. The van der Waals surface area contributed by atoms with Crippen molar-refractivity contribution in [1.29, 1.82) is 0 Å². The topological polar surface area (TPSA) is 55.3 Å². The van der Waals surface area contributed by atoms with Gasteiger partial charge in [0.1, 0.15) is 5.69 Å². The van der Waals surface area contributed by atoms with Crippen LogP contribution in [-0.2, 0) is 0 Å². The summed E-state index contributed by atoms with van der Waals surface area (Å²) >= 11 is 0. The van der Waals surface area contributed by atoms with E-state index in [9.17, 15) is 0 Å². The van der Waals surface area contributed by atoms with Gasteiger partial charge in [-0.05, 0) is 53.2 Å². The van der Waals surface area contributed by atoms with Gasteiger partial charge in [-0.1, -0.05) is 6.07 Å². The highest BCUT2D eigenvalue weighted by molar-refractivity contribution is 5.81. The summed E-state index contributed by atoms with van der Waals surface area (Å²) in [5.41, 5.74) is 10.3. The van der Waals surface area contributed by atoms with Crippen LogP contribution in [0, 0.1) is 13.8 Å². The molecule has 0 aliphatic carbocycles. The molecular weight excluding hydrogens is 322 g/mol. The Morgan fingerprint density at radius 3 is 2.29 bits per heavy atom. The molecule has 0 saturated carbocycles. The first kappa shape index (κ1) is 20.6. The van der Waals surface area contributed by atoms with Gasteiger partial charge >= 0.3 is 0 Å². The van der Waals surface area contributed by atoms with Crippen LogP contribution in [0.15, 0.2) is 12.1 Å². The molecule has 0 aliphatic heterocycles. The summed E-state index contributed by atoms with van der Waals surface area (Å²) < 4.78 is 2.96. The maximum Gasteiger partial charge on any atom is 0.172 e. The predicted molar refractivity (Wildman–Crippen MR) is 98.9 cm³/mol. The minimum absolute atomic E-state index is 0. The quantitative estimate of drug-likeness (QED) is 0.730. The van der Waals surface area contributed by atoms with Gasteiger partial charge in [-0.3, -0.25) is 0 Å². The first-order valence-corrected chi connectivity index (χ1v) is 8.51. The number of pyridine rings is 1. The highest BCUT2D eigenvalue weighted by atomic mass is 35.5. The molecule has 2 heterocycles. The zero-order valence-corrected chi connectivity index (χ0v) is 16.8. The summed E-state index contributed by atoms with van der Waals surface area (Å²) in [7, 11) is 2.32. The lowest BCUT2D eigenvalue weighted by molar-refractivity contribution is -0.947. The van der Waals surface area contributed by atoms with Gasteiger partial charge in [0.15, 0.2) is 5.82 Å². The van der Waals surface area contributed by atoms with E-state index in [1.807, 2.05) is 10.6 Å². The first-order valence-electron chi connectivity index (χ1n) is 8.51. The number of quaternary nitrogens is 1. The largest absolute Gasteiger partial charge is 1.00 e. The zero-order valence-electron chi connectivity index (χ0n) is 16.0. The average molecular weight is 354 g/mol. The number of nitrogen functional groups attached to an aromatic ring is 1. The van der Waals surface area contributed by atoms with Crippen LogP contribution in [0.2, 0.25) is 0 Å². The van der Waals surface area contributed by atoms with E-state index in [0.29, 0.717) is 12.1 Å². The molecule has 2 rings (SSSR count). The Balaban J connectivity index is 0.00000288. The highest BCUT2D eigenvalue weighted by Crippen LogP contribution is 2.25. The maximum atomic E-state index is 6.28. The number of nitrogens with two attached hydrogens (primary N) is 1. The van der Waals surface area contributed by atoms with Crippen LogP contribution in [0.4, 0.5) is 11.5 Å². The van der Waals surface area contributed by atoms with Crippen LogP contribution >= 0.6 is 0 Å². The number of nitrogens with one attached hydrogen (secondary N) is 1. The first-order chi connectivity index (χ1) is 10.7.